The Labute approximate surface area is 184 Å². The quantitative estimate of drug-likeness (QED) is 0.433. The van der Waals surface area contributed by atoms with Crippen molar-refractivity contribution in [3.05, 3.63) is 65.5 Å². The molecule has 0 fully saturated rings. The van der Waals surface area contributed by atoms with Gasteiger partial charge in [-0.15, -0.1) is 0 Å². The van der Waals surface area contributed by atoms with E-state index in [4.69, 9.17) is 19.6 Å². The van der Waals surface area contributed by atoms with Crippen molar-refractivity contribution in [1.82, 2.24) is 14.6 Å². The van der Waals surface area contributed by atoms with E-state index in [1.165, 1.54) is 0 Å². The smallest absolute Gasteiger partial charge is 0.493 e. The summed E-state index contributed by atoms with van der Waals surface area (Å²) in [5.41, 5.74) is 5.50. The molecule has 0 aliphatic rings. The van der Waals surface area contributed by atoms with Crippen LogP contribution in [0.4, 0.5) is 5.82 Å². The molecule has 1 N–H and O–H groups in total. The average Bonchev–Trinajstić information content (AvgIpc) is 3.12. The Hall–Kier alpha value is -3.52. The highest BCUT2D eigenvalue weighted by molar-refractivity contribution is 7.65. The number of aromatic nitrogens is 3. The summed E-state index contributed by atoms with van der Waals surface area (Å²) in [6.45, 7) is 4.54. The fourth-order valence-corrected chi connectivity index (χ4v) is 3.80. The Morgan fingerprint density at radius 2 is 1.74 bits per heavy atom. The zero-order valence-electron chi connectivity index (χ0n) is 17.8. The van der Waals surface area contributed by atoms with Crippen LogP contribution in [0.3, 0.4) is 0 Å². The molecule has 0 saturated carbocycles. The SMILES string of the molecule is COc1ccc(-c2c(C)nn3c(NCc4ccc([S+]=O)cc4)cc(C)nc23)cc1OC. The first-order chi connectivity index (χ1) is 15.0. The van der Waals surface area contributed by atoms with Gasteiger partial charge in [0.15, 0.2) is 17.1 Å². The summed E-state index contributed by atoms with van der Waals surface area (Å²) in [6.07, 6.45) is 0. The maximum atomic E-state index is 10.9. The number of methoxy groups -OCH3 is 2. The monoisotopic (exact) mass is 435 g/mol. The number of fused-ring (bicyclic) bond motifs is 1. The van der Waals surface area contributed by atoms with E-state index in [9.17, 15) is 4.21 Å². The van der Waals surface area contributed by atoms with Crippen molar-refractivity contribution in [1.29, 1.82) is 0 Å². The molecule has 8 heteroatoms. The minimum atomic E-state index is 0.493. The number of hydrogen-bond acceptors (Lipinski definition) is 6. The van der Waals surface area contributed by atoms with Crippen molar-refractivity contribution in [3.63, 3.8) is 0 Å². The molecule has 4 aromatic rings. The van der Waals surface area contributed by atoms with Crippen LogP contribution < -0.4 is 14.8 Å². The predicted octanol–water partition coefficient (Wildman–Crippen LogP) is 4.43. The minimum Gasteiger partial charge on any atom is -0.493 e. The zero-order chi connectivity index (χ0) is 22.0. The Bertz CT molecular complexity index is 1250. The molecule has 0 spiro atoms. The lowest BCUT2D eigenvalue weighted by atomic mass is 10.1. The number of benzene rings is 2. The van der Waals surface area contributed by atoms with Crippen molar-refractivity contribution in [2.75, 3.05) is 19.5 Å². The third kappa shape index (κ3) is 4.06. The average molecular weight is 436 g/mol. The molecule has 0 bridgehead atoms. The number of nitrogens with zero attached hydrogens (tertiary/aromatic N) is 3. The molecule has 0 amide bonds. The van der Waals surface area contributed by atoms with Crippen LogP contribution in [0.15, 0.2) is 53.4 Å². The predicted molar refractivity (Wildman–Crippen MR) is 121 cm³/mol. The van der Waals surface area contributed by atoms with Gasteiger partial charge in [-0.05, 0) is 37.1 Å². The molecular weight excluding hydrogens is 412 g/mol. The molecule has 0 saturated heterocycles. The van der Waals surface area contributed by atoms with Crippen molar-refractivity contribution in [3.8, 4) is 22.6 Å². The fraction of sp³-hybridized carbons (Fsp3) is 0.217. The molecule has 7 nitrogen and oxygen atoms in total. The molecule has 0 aliphatic carbocycles. The summed E-state index contributed by atoms with van der Waals surface area (Å²) < 4.78 is 23.6. The molecule has 2 aromatic carbocycles. The maximum absolute atomic E-state index is 10.9. The molecule has 31 heavy (non-hydrogen) atoms. The highest BCUT2D eigenvalue weighted by atomic mass is 32.1. The van der Waals surface area contributed by atoms with Crippen LogP contribution in [0.25, 0.3) is 16.8 Å². The standard InChI is InChI=1S/C23H23N4O3S/c1-14-11-21(24-13-16-5-8-18(31-28)9-6-16)27-23(25-14)22(15(2)26-27)17-7-10-19(29-3)20(12-17)30-4/h5-12,24H,13H2,1-4H3/q+1. The molecule has 0 aliphatic heterocycles. The van der Waals surface area contributed by atoms with Crippen LogP contribution in [-0.2, 0) is 22.4 Å². The molecular formula is C23H23N4O3S+. The van der Waals surface area contributed by atoms with Crippen molar-refractivity contribution in [2.24, 2.45) is 0 Å². The van der Waals surface area contributed by atoms with Gasteiger partial charge in [0.1, 0.15) is 5.82 Å². The van der Waals surface area contributed by atoms with E-state index in [0.717, 1.165) is 39.5 Å². The van der Waals surface area contributed by atoms with E-state index in [0.29, 0.717) is 34.6 Å². The van der Waals surface area contributed by atoms with E-state index in [-0.39, 0.29) is 0 Å². The molecule has 0 unspecified atom stereocenters. The Morgan fingerprint density at radius 1 is 1.00 bits per heavy atom. The van der Waals surface area contributed by atoms with Crippen LogP contribution in [0, 0.1) is 13.8 Å². The van der Waals surface area contributed by atoms with Gasteiger partial charge in [0.25, 0.3) is 4.90 Å². The lowest BCUT2D eigenvalue weighted by molar-refractivity contribution is 0.355. The first-order valence-electron chi connectivity index (χ1n) is 9.76. The molecule has 158 valence electrons. The summed E-state index contributed by atoms with van der Waals surface area (Å²) in [6, 6.07) is 15.3. The lowest BCUT2D eigenvalue weighted by Crippen LogP contribution is -2.07. The van der Waals surface area contributed by atoms with Gasteiger partial charge in [0.2, 0.25) is 0 Å². The molecule has 2 aromatic heterocycles. The summed E-state index contributed by atoms with van der Waals surface area (Å²) >= 11 is 0.493. The molecule has 0 radical (unpaired) electrons. The van der Waals surface area contributed by atoms with Crippen LogP contribution in [-0.4, -0.2) is 28.8 Å². The van der Waals surface area contributed by atoms with E-state index in [1.54, 1.807) is 14.2 Å². The number of nitrogens with one attached hydrogen (secondary N) is 1. The van der Waals surface area contributed by atoms with E-state index >= 15 is 0 Å². The van der Waals surface area contributed by atoms with Crippen molar-refractivity contribution >= 4 is 23.1 Å². The van der Waals surface area contributed by atoms with Crippen LogP contribution in [0.1, 0.15) is 17.0 Å². The van der Waals surface area contributed by atoms with Crippen LogP contribution in [0.5, 0.6) is 11.5 Å². The minimum absolute atomic E-state index is 0.493. The van der Waals surface area contributed by atoms with Gasteiger partial charge in [-0.1, -0.05) is 18.2 Å². The number of hydrogen-bond donors (Lipinski definition) is 1. The highest BCUT2D eigenvalue weighted by Crippen LogP contribution is 2.35. The summed E-state index contributed by atoms with van der Waals surface area (Å²) in [5, 5.41) is 8.19. The third-order valence-corrected chi connectivity index (χ3v) is 5.52. The first-order valence-corrected chi connectivity index (χ1v) is 10.5. The third-order valence-electron chi connectivity index (χ3n) is 5.06. The zero-order valence-corrected chi connectivity index (χ0v) is 18.6. The summed E-state index contributed by atoms with van der Waals surface area (Å²) in [4.78, 5) is 5.46. The van der Waals surface area contributed by atoms with E-state index in [2.05, 4.69) is 5.32 Å². The number of anilines is 1. The lowest BCUT2D eigenvalue weighted by Gasteiger charge is -2.11. The fourth-order valence-electron chi connectivity index (χ4n) is 3.56. The second-order valence-electron chi connectivity index (χ2n) is 7.13. The molecule has 4 rings (SSSR count). The second-order valence-corrected chi connectivity index (χ2v) is 7.77. The Kier molecular flexibility index (Phi) is 5.81. The van der Waals surface area contributed by atoms with Crippen molar-refractivity contribution < 1.29 is 13.7 Å². The van der Waals surface area contributed by atoms with Crippen LogP contribution >= 0.6 is 0 Å². The van der Waals surface area contributed by atoms with E-state index < -0.39 is 0 Å². The maximum Gasteiger partial charge on any atom is 0.505 e. The van der Waals surface area contributed by atoms with Gasteiger partial charge < -0.3 is 14.8 Å². The number of aryl methyl sites for hydroxylation is 2. The summed E-state index contributed by atoms with van der Waals surface area (Å²) in [5.74, 6) is 2.18. The van der Waals surface area contributed by atoms with Crippen LogP contribution in [0.2, 0.25) is 0 Å². The molecule has 2 heterocycles. The summed E-state index contributed by atoms with van der Waals surface area (Å²) in [7, 11) is 3.24. The normalized spacial score (nSPS) is 10.8. The Balaban J connectivity index is 1.73. The van der Waals surface area contributed by atoms with E-state index in [1.807, 2.05) is 66.9 Å². The highest BCUT2D eigenvalue weighted by Gasteiger charge is 2.18. The number of rotatable bonds is 7. The van der Waals surface area contributed by atoms with Gasteiger partial charge in [-0.3, -0.25) is 0 Å². The van der Waals surface area contributed by atoms with Crippen molar-refractivity contribution in [2.45, 2.75) is 25.3 Å². The van der Waals surface area contributed by atoms with Gasteiger partial charge in [-0.25, -0.2) is 4.98 Å². The topological polar surface area (TPSA) is 77.8 Å². The first kappa shape index (κ1) is 20.7. The Morgan fingerprint density at radius 3 is 2.42 bits per heavy atom. The second kappa shape index (κ2) is 8.69. The van der Waals surface area contributed by atoms with Gasteiger partial charge >= 0.3 is 11.7 Å². The van der Waals surface area contributed by atoms with Gasteiger partial charge in [0.05, 0.1) is 19.9 Å². The largest absolute Gasteiger partial charge is 0.505 e. The van der Waals surface area contributed by atoms with Gasteiger partial charge in [-0.2, -0.15) is 9.61 Å². The van der Waals surface area contributed by atoms with Gasteiger partial charge in [0, 0.05) is 40.2 Å². The molecule has 0 atom stereocenters. The number of ether oxygens (including phenoxy) is 2.